The first-order valence-corrected chi connectivity index (χ1v) is 3.24. The van der Waals surface area contributed by atoms with E-state index in [4.69, 9.17) is 0 Å². The second-order valence-electron chi connectivity index (χ2n) is 2.38. The van der Waals surface area contributed by atoms with Gasteiger partial charge in [-0.05, 0) is 11.6 Å². The number of anilines is 1. The van der Waals surface area contributed by atoms with Crippen LogP contribution in [0.15, 0.2) is 24.3 Å². The van der Waals surface area contributed by atoms with Crippen LogP contribution < -0.4 is 5.32 Å². The normalized spacial score (nSPS) is 13.3. The first kappa shape index (κ1) is 7.75. The van der Waals surface area contributed by atoms with Crippen molar-refractivity contribution in [2.24, 2.45) is 0 Å². The van der Waals surface area contributed by atoms with Crippen LogP contribution in [0.4, 0.5) is 5.69 Å². The Labute approximate surface area is 64.3 Å². The standard InChI is InChI=1S/C8H7NO.O/c10-8-5-6-3-1-2-4-7(6)9-8;/h1-4H,5H2,(H,9,10);. The number of hydrogen-bond acceptors (Lipinski definition) is 1. The Morgan fingerprint density at radius 1 is 1.27 bits per heavy atom. The van der Waals surface area contributed by atoms with E-state index in [1.165, 1.54) is 0 Å². The zero-order valence-corrected chi connectivity index (χ0v) is 5.83. The molecule has 1 amide bonds. The van der Waals surface area contributed by atoms with Crippen LogP contribution in [-0.2, 0) is 16.7 Å². The molecule has 0 saturated heterocycles. The van der Waals surface area contributed by atoms with Crippen LogP contribution >= 0.6 is 0 Å². The third-order valence-corrected chi connectivity index (χ3v) is 1.64. The Hall–Kier alpha value is -1.35. The van der Waals surface area contributed by atoms with Crippen molar-refractivity contribution in [3.8, 4) is 0 Å². The highest BCUT2D eigenvalue weighted by molar-refractivity contribution is 5.98. The van der Waals surface area contributed by atoms with Crippen LogP contribution in [0.2, 0.25) is 0 Å². The van der Waals surface area contributed by atoms with Crippen molar-refractivity contribution in [2.45, 2.75) is 6.42 Å². The number of rotatable bonds is 0. The number of carbonyl (C=O) groups excluding carboxylic acids is 1. The van der Waals surface area contributed by atoms with Crippen LogP contribution in [-0.4, -0.2) is 5.91 Å². The number of amides is 1. The molecule has 1 heterocycles. The van der Waals surface area contributed by atoms with E-state index in [0.717, 1.165) is 11.3 Å². The summed E-state index contributed by atoms with van der Waals surface area (Å²) < 4.78 is 0. The maximum absolute atomic E-state index is 10.8. The maximum atomic E-state index is 10.8. The minimum absolute atomic E-state index is 0. The van der Waals surface area contributed by atoms with Gasteiger partial charge in [0.15, 0.2) is 0 Å². The van der Waals surface area contributed by atoms with E-state index in [0.29, 0.717) is 6.42 Å². The lowest BCUT2D eigenvalue weighted by Gasteiger charge is -1.93. The monoisotopic (exact) mass is 149 g/mol. The number of nitrogens with one attached hydrogen (secondary N) is 1. The van der Waals surface area contributed by atoms with E-state index in [9.17, 15) is 4.79 Å². The number of carbonyl (C=O) groups is 1. The molecule has 1 aliphatic rings. The molecule has 56 valence electrons. The summed E-state index contributed by atoms with van der Waals surface area (Å²) in [7, 11) is 0. The topological polar surface area (TPSA) is 57.6 Å². The van der Waals surface area contributed by atoms with Gasteiger partial charge in [0.25, 0.3) is 0 Å². The van der Waals surface area contributed by atoms with Crippen LogP contribution in [0.25, 0.3) is 0 Å². The molecule has 1 N–H and O–H groups in total. The van der Waals surface area contributed by atoms with Gasteiger partial charge < -0.3 is 5.32 Å². The van der Waals surface area contributed by atoms with Crippen molar-refractivity contribution in [3.05, 3.63) is 29.8 Å². The Kier molecular flexibility index (Phi) is 1.92. The molecule has 0 unspecified atom stereocenters. The molecular formula is C8H7NO2. The molecular weight excluding hydrogens is 142 g/mol. The highest BCUT2D eigenvalue weighted by Crippen LogP contribution is 2.20. The lowest BCUT2D eigenvalue weighted by atomic mass is 10.2. The second kappa shape index (κ2) is 2.72. The number of para-hydroxylation sites is 1. The van der Waals surface area contributed by atoms with Crippen molar-refractivity contribution in [1.29, 1.82) is 0 Å². The lowest BCUT2D eigenvalue weighted by molar-refractivity contribution is -0.115. The van der Waals surface area contributed by atoms with Crippen LogP contribution in [0, 0.1) is 0 Å². The fourth-order valence-electron chi connectivity index (χ4n) is 1.16. The second-order valence-corrected chi connectivity index (χ2v) is 2.38. The SMILES string of the molecule is O=C1Cc2ccccc2N1.[O]. The minimum atomic E-state index is 0. The highest BCUT2D eigenvalue weighted by Gasteiger charge is 2.15. The molecule has 1 aromatic carbocycles. The quantitative estimate of drug-likeness (QED) is 0.589. The molecule has 3 nitrogen and oxygen atoms in total. The van der Waals surface area contributed by atoms with Crippen molar-refractivity contribution < 1.29 is 10.3 Å². The van der Waals surface area contributed by atoms with E-state index in [2.05, 4.69) is 5.32 Å². The van der Waals surface area contributed by atoms with E-state index in [1.807, 2.05) is 24.3 Å². The fraction of sp³-hybridized carbons (Fsp3) is 0.125. The van der Waals surface area contributed by atoms with Gasteiger partial charge in [0.05, 0.1) is 6.42 Å². The Morgan fingerprint density at radius 2 is 2.00 bits per heavy atom. The lowest BCUT2D eigenvalue weighted by Crippen LogP contribution is -2.03. The number of fused-ring (bicyclic) bond motifs is 1. The van der Waals surface area contributed by atoms with E-state index in [1.54, 1.807) is 0 Å². The summed E-state index contributed by atoms with van der Waals surface area (Å²) in [4.78, 5) is 10.8. The molecule has 0 bridgehead atoms. The van der Waals surface area contributed by atoms with Crippen LogP contribution in [0.5, 0.6) is 0 Å². The fourth-order valence-corrected chi connectivity index (χ4v) is 1.16. The molecule has 2 rings (SSSR count). The average molecular weight is 149 g/mol. The summed E-state index contributed by atoms with van der Waals surface area (Å²) in [5.74, 6) is 0.0983. The molecule has 0 aliphatic carbocycles. The summed E-state index contributed by atoms with van der Waals surface area (Å²) in [5.41, 5.74) is 2.07. The molecule has 1 aromatic rings. The molecule has 0 spiro atoms. The number of benzene rings is 1. The van der Waals surface area contributed by atoms with E-state index >= 15 is 0 Å². The van der Waals surface area contributed by atoms with Gasteiger partial charge >= 0.3 is 0 Å². The van der Waals surface area contributed by atoms with E-state index in [-0.39, 0.29) is 11.4 Å². The number of hydrogen-bond donors (Lipinski definition) is 1. The Bertz CT molecular complexity index is 256. The van der Waals surface area contributed by atoms with Gasteiger partial charge in [0, 0.05) is 11.2 Å². The van der Waals surface area contributed by atoms with Crippen molar-refractivity contribution >= 4 is 11.6 Å². The van der Waals surface area contributed by atoms with Gasteiger partial charge in [0.2, 0.25) is 5.91 Å². The summed E-state index contributed by atoms with van der Waals surface area (Å²) >= 11 is 0. The first-order valence-electron chi connectivity index (χ1n) is 3.24. The predicted molar refractivity (Wildman–Crippen MR) is 39.5 cm³/mol. The third kappa shape index (κ3) is 1.23. The molecule has 1 aliphatic heterocycles. The van der Waals surface area contributed by atoms with Crippen molar-refractivity contribution in [1.82, 2.24) is 0 Å². The first-order chi connectivity index (χ1) is 4.86. The van der Waals surface area contributed by atoms with Gasteiger partial charge in [0.1, 0.15) is 0 Å². The van der Waals surface area contributed by atoms with E-state index < -0.39 is 0 Å². The summed E-state index contributed by atoms with van der Waals surface area (Å²) in [5, 5.41) is 2.76. The third-order valence-electron chi connectivity index (χ3n) is 1.64. The average Bonchev–Trinajstić information content (AvgIpc) is 2.27. The summed E-state index contributed by atoms with van der Waals surface area (Å²) in [6.45, 7) is 0. The largest absolute Gasteiger partial charge is 0.326 e. The smallest absolute Gasteiger partial charge is 0.228 e. The molecule has 2 radical (unpaired) electrons. The van der Waals surface area contributed by atoms with Gasteiger partial charge in [-0.25, -0.2) is 0 Å². The van der Waals surface area contributed by atoms with Gasteiger partial charge in [-0.2, -0.15) is 0 Å². The maximum Gasteiger partial charge on any atom is 0.228 e. The van der Waals surface area contributed by atoms with Gasteiger partial charge in [-0.1, -0.05) is 18.2 Å². The van der Waals surface area contributed by atoms with Gasteiger partial charge in [-0.3, -0.25) is 4.79 Å². The van der Waals surface area contributed by atoms with Crippen molar-refractivity contribution in [3.63, 3.8) is 0 Å². The minimum Gasteiger partial charge on any atom is -0.326 e. The van der Waals surface area contributed by atoms with Crippen LogP contribution in [0.3, 0.4) is 0 Å². The predicted octanol–water partition coefficient (Wildman–Crippen LogP) is 1.06. The molecule has 3 heteroatoms. The zero-order chi connectivity index (χ0) is 6.97. The van der Waals surface area contributed by atoms with Crippen LogP contribution in [0.1, 0.15) is 5.56 Å². The van der Waals surface area contributed by atoms with Crippen molar-refractivity contribution in [2.75, 3.05) is 5.32 Å². The Morgan fingerprint density at radius 3 is 2.73 bits per heavy atom. The highest BCUT2D eigenvalue weighted by atomic mass is 16.1. The molecule has 0 fully saturated rings. The molecule has 0 saturated carbocycles. The molecule has 0 atom stereocenters. The molecule has 11 heavy (non-hydrogen) atoms. The Balaban J connectivity index is 0.000000605. The summed E-state index contributed by atoms with van der Waals surface area (Å²) in [6.07, 6.45) is 0.538. The molecule has 0 aromatic heterocycles. The summed E-state index contributed by atoms with van der Waals surface area (Å²) in [6, 6.07) is 7.75. The zero-order valence-electron chi connectivity index (χ0n) is 5.83. The van der Waals surface area contributed by atoms with Gasteiger partial charge in [-0.15, -0.1) is 0 Å².